The number of carbonyl (C=O) groups is 2. The summed E-state index contributed by atoms with van der Waals surface area (Å²) in [7, 11) is 0. The standard InChI is InChI=1S/C25H31NO4S/c1-25(2)16-12-15(8-5-3-4-6-11-21(28)29)22(19(25)13-16)26-24(30)18-10-7-9-17-20(27)14-31-23(17)18/h3,5,7,9-10,14-16,19,22,27H,4,6,8,11-13H2,1-2H3,(H,26,30)(H,28,29)/t15-,16+,19+,22?/m0/s1. The SMILES string of the molecule is CC1(C)[C@@H]2C[C@H](CC=CCCCC(=O)O)C(NC(=O)c3cccc4c(O)csc34)[C@H]1C2. The molecule has 1 aromatic heterocycles. The van der Waals surface area contributed by atoms with Gasteiger partial charge < -0.3 is 15.5 Å². The Morgan fingerprint density at radius 1 is 1.26 bits per heavy atom. The Morgan fingerprint density at radius 2 is 2.06 bits per heavy atom. The fourth-order valence-corrected chi connectivity index (χ4v) is 6.52. The van der Waals surface area contributed by atoms with E-state index in [1.54, 1.807) is 5.38 Å². The van der Waals surface area contributed by atoms with E-state index in [2.05, 4.69) is 31.3 Å². The zero-order valence-corrected chi connectivity index (χ0v) is 19.0. The zero-order chi connectivity index (χ0) is 22.2. The lowest BCUT2D eigenvalue weighted by Gasteiger charge is -2.62. The first-order valence-corrected chi connectivity index (χ1v) is 12.0. The smallest absolute Gasteiger partial charge is 0.303 e. The summed E-state index contributed by atoms with van der Waals surface area (Å²) in [5.41, 5.74) is 0.873. The lowest BCUT2D eigenvalue weighted by molar-refractivity contribution is -0.137. The number of unbranched alkanes of at least 4 members (excludes halogenated alkanes) is 1. The minimum Gasteiger partial charge on any atom is -0.506 e. The fourth-order valence-electron chi connectivity index (χ4n) is 5.58. The Hall–Kier alpha value is -2.34. The normalized spacial score (nSPS) is 26.6. The third-order valence-electron chi connectivity index (χ3n) is 7.56. The maximum atomic E-state index is 13.3. The van der Waals surface area contributed by atoms with E-state index < -0.39 is 5.97 Å². The van der Waals surface area contributed by atoms with Crippen molar-refractivity contribution in [2.45, 2.75) is 58.4 Å². The number of carboxylic acids is 1. The molecule has 0 aliphatic heterocycles. The number of hydrogen-bond donors (Lipinski definition) is 3. The van der Waals surface area contributed by atoms with Crippen LogP contribution >= 0.6 is 11.3 Å². The summed E-state index contributed by atoms with van der Waals surface area (Å²) in [6, 6.07) is 5.63. The highest BCUT2D eigenvalue weighted by Crippen LogP contribution is 2.61. The summed E-state index contributed by atoms with van der Waals surface area (Å²) in [5.74, 6) is 0.979. The second-order valence-corrected chi connectivity index (χ2v) is 10.5. The summed E-state index contributed by atoms with van der Waals surface area (Å²) >= 11 is 1.40. The van der Waals surface area contributed by atoms with Crippen LogP contribution in [0.5, 0.6) is 5.75 Å². The van der Waals surface area contributed by atoms with Crippen LogP contribution in [-0.2, 0) is 4.79 Å². The number of hydrogen-bond acceptors (Lipinski definition) is 4. The quantitative estimate of drug-likeness (QED) is 0.368. The second-order valence-electron chi connectivity index (χ2n) is 9.65. The molecule has 3 fully saturated rings. The lowest BCUT2D eigenvalue weighted by atomic mass is 9.44. The van der Waals surface area contributed by atoms with Crippen LogP contribution in [0.3, 0.4) is 0 Å². The molecule has 5 nitrogen and oxygen atoms in total. The van der Waals surface area contributed by atoms with E-state index in [-0.39, 0.29) is 29.5 Å². The van der Waals surface area contributed by atoms with Gasteiger partial charge in [0.15, 0.2) is 0 Å². The highest BCUT2D eigenvalue weighted by molar-refractivity contribution is 7.18. The number of fused-ring (bicyclic) bond motifs is 3. The molecule has 6 heteroatoms. The van der Waals surface area contributed by atoms with Gasteiger partial charge in [0.05, 0.1) is 10.3 Å². The molecule has 5 rings (SSSR count). The molecule has 1 heterocycles. The molecular formula is C25H31NO4S. The average molecular weight is 442 g/mol. The van der Waals surface area contributed by atoms with E-state index >= 15 is 0 Å². The third kappa shape index (κ3) is 4.22. The molecule has 3 aliphatic rings. The number of nitrogens with one attached hydrogen (secondary N) is 1. The molecule has 2 bridgehead atoms. The number of aromatic hydroxyl groups is 1. The van der Waals surface area contributed by atoms with Crippen LogP contribution < -0.4 is 5.32 Å². The molecule has 3 saturated carbocycles. The molecule has 0 spiro atoms. The van der Waals surface area contributed by atoms with Crippen molar-refractivity contribution in [2.75, 3.05) is 0 Å². The molecule has 2 aromatic rings. The van der Waals surface area contributed by atoms with Crippen LogP contribution in [0.4, 0.5) is 0 Å². The number of thiophene rings is 1. The fraction of sp³-hybridized carbons (Fsp3) is 0.520. The molecule has 3 N–H and O–H groups in total. The topological polar surface area (TPSA) is 86.6 Å². The molecule has 1 amide bonds. The van der Waals surface area contributed by atoms with Gasteiger partial charge in [-0.05, 0) is 67.4 Å². The third-order valence-corrected chi connectivity index (χ3v) is 8.58. The summed E-state index contributed by atoms with van der Waals surface area (Å²) in [4.78, 5) is 23.9. The van der Waals surface area contributed by atoms with Crippen molar-refractivity contribution in [2.24, 2.45) is 23.2 Å². The minimum absolute atomic E-state index is 0.0611. The molecule has 1 aromatic carbocycles. The van der Waals surface area contributed by atoms with Gasteiger partial charge in [-0.15, -0.1) is 11.3 Å². The molecule has 31 heavy (non-hydrogen) atoms. The molecular weight excluding hydrogens is 410 g/mol. The van der Waals surface area contributed by atoms with Crippen molar-refractivity contribution in [1.29, 1.82) is 0 Å². The van der Waals surface area contributed by atoms with Crippen molar-refractivity contribution in [3.8, 4) is 5.75 Å². The molecule has 166 valence electrons. The Bertz CT molecular complexity index is 1010. The van der Waals surface area contributed by atoms with Gasteiger partial charge in [0.1, 0.15) is 5.75 Å². The number of rotatable bonds is 8. The van der Waals surface area contributed by atoms with E-state index in [1.165, 1.54) is 17.8 Å². The van der Waals surface area contributed by atoms with Crippen LogP contribution in [0.1, 0.15) is 62.7 Å². The van der Waals surface area contributed by atoms with Crippen molar-refractivity contribution in [3.63, 3.8) is 0 Å². The first-order valence-electron chi connectivity index (χ1n) is 11.2. The largest absolute Gasteiger partial charge is 0.506 e. The van der Waals surface area contributed by atoms with Gasteiger partial charge in [-0.3, -0.25) is 9.59 Å². The average Bonchev–Trinajstić information content (AvgIpc) is 3.11. The number of carbonyl (C=O) groups excluding carboxylic acids is 1. The van der Waals surface area contributed by atoms with Crippen molar-refractivity contribution >= 4 is 33.3 Å². The predicted molar refractivity (Wildman–Crippen MR) is 123 cm³/mol. The summed E-state index contributed by atoms with van der Waals surface area (Å²) in [5, 5.41) is 24.6. The van der Waals surface area contributed by atoms with Crippen LogP contribution in [0, 0.1) is 23.2 Å². The van der Waals surface area contributed by atoms with Crippen molar-refractivity contribution in [3.05, 3.63) is 41.3 Å². The van der Waals surface area contributed by atoms with Crippen molar-refractivity contribution < 1.29 is 19.8 Å². The monoisotopic (exact) mass is 441 g/mol. The van der Waals surface area contributed by atoms with Crippen LogP contribution in [0.2, 0.25) is 0 Å². The Kier molecular flexibility index (Phi) is 6.11. The van der Waals surface area contributed by atoms with Crippen LogP contribution in [0.25, 0.3) is 10.1 Å². The number of benzene rings is 1. The maximum Gasteiger partial charge on any atom is 0.303 e. The highest BCUT2D eigenvalue weighted by atomic mass is 32.1. The molecule has 4 atom stereocenters. The number of amides is 1. The Morgan fingerprint density at radius 3 is 2.81 bits per heavy atom. The van der Waals surface area contributed by atoms with Gasteiger partial charge in [-0.1, -0.05) is 32.1 Å². The summed E-state index contributed by atoms with van der Waals surface area (Å²) < 4.78 is 0.828. The molecule has 0 radical (unpaired) electrons. The predicted octanol–water partition coefficient (Wildman–Crippen LogP) is 5.59. The van der Waals surface area contributed by atoms with Gasteiger partial charge in [0, 0.05) is 23.2 Å². The van der Waals surface area contributed by atoms with Gasteiger partial charge in [0.2, 0.25) is 0 Å². The zero-order valence-electron chi connectivity index (χ0n) is 18.1. The van der Waals surface area contributed by atoms with E-state index in [1.807, 2.05) is 18.2 Å². The van der Waals surface area contributed by atoms with Crippen molar-refractivity contribution in [1.82, 2.24) is 5.32 Å². The van der Waals surface area contributed by atoms with Gasteiger partial charge in [-0.2, -0.15) is 0 Å². The minimum atomic E-state index is -0.750. The van der Waals surface area contributed by atoms with Crippen LogP contribution in [0.15, 0.2) is 35.7 Å². The van der Waals surface area contributed by atoms with E-state index in [0.29, 0.717) is 29.7 Å². The molecule has 3 aliphatic carbocycles. The lowest BCUT2D eigenvalue weighted by Crippen LogP contribution is -2.63. The molecule has 1 unspecified atom stereocenters. The van der Waals surface area contributed by atoms with Gasteiger partial charge in [0.25, 0.3) is 5.91 Å². The van der Waals surface area contributed by atoms with E-state index in [4.69, 9.17) is 5.11 Å². The second kappa shape index (κ2) is 8.65. The Labute approximate surface area is 187 Å². The molecule has 0 saturated heterocycles. The maximum absolute atomic E-state index is 13.3. The Balaban J connectivity index is 1.47. The van der Waals surface area contributed by atoms with E-state index in [9.17, 15) is 14.7 Å². The number of carboxylic acid groups (broad SMARTS) is 1. The number of allylic oxidation sites excluding steroid dienone is 2. The van der Waals surface area contributed by atoms with E-state index in [0.717, 1.165) is 29.3 Å². The summed E-state index contributed by atoms with van der Waals surface area (Å²) in [6.07, 6.45) is 9.08. The number of aliphatic carboxylic acids is 1. The summed E-state index contributed by atoms with van der Waals surface area (Å²) in [6.45, 7) is 4.64. The first-order chi connectivity index (χ1) is 14.8. The van der Waals surface area contributed by atoms with Gasteiger partial charge in [-0.25, -0.2) is 0 Å². The van der Waals surface area contributed by atoms with Crippen LogP contribution in [-0.4, -0.2) is 28.1 Å². The highest BCUT2D eigenvalue weighted by Gasteiger charge is 2.57. The van der Waals surface area contributed by atoms with Gasteiger partial charge >= 0.3 is 5.97 Å². The first kappa shape index (κ1) is 21.9.